The highest BCUT2D eigenvalue weighted by atomic mass is 19.1. The van der Waals surface area contributed by atoms with Crippen LogP contribution in [0.5, 0.6) is 0 Å². The molecular weight excluding hydrogens is 193 g/mol. The van der Waals surface area contributed by atoms with E-state index >= 15 is 0 Å². The SMILES string of the molecule is CCCC(C)CC(=O)c1cncc(F)c1. The summed E-state index contributed by atoms with van der Waals surface area (Å²) in [6.45, 7) is 4.12. The summed E-state index contributed by atoms with van der Waals surface area (Å²) in [6.07, 6.45) is 5.08. The molecule has 0 aliphatic heterocycles. The molecule has 0 radical (unpaired) electrons. The van der Waals surface area contributed by atoms with Crippen LogP contribution in [-0.2, 0) is 0 Å². The van der Waals surface area contributed by atoms with Crippen molar-refractivity contribution in [2.24, 2.45) is 5.92 Å². The molecule has 0 aromatic carbocycles. The number of carbonyl (C=O) groups excluding carboxylic acids is 1. The topological polar surface area (TPSA) is 30.0 Å². The predicted octanol–water partition coefficient (Wildman–Crippen LogP) is 3.23. The first kappa shape index (κ1) is 11.8. The number of ketones is 1. The van der Waals surface area contributed by atoms with Gasteiger partial charge in [-0.3, -0.25) is 9.78 Å². The van der Waals surface area contributed by atoms with Crippen molar-refractivity contribution in [3.05, 3.63) is 29.8 Å². The quantitative estimate of drug-likeness (QED) is 0.697. The molecule has 0 aliphatic carbocycles. The Balaban J connectivity index is 2.61. The Hall–Kier alpha value is -1.25. The summed E-state index contributed by atoms with van der Waals surface area (Å²) in [4.78, 5) is 15.3. The second-order valence-corrected chi connectivity index (χ2v) is 3.91. The number of rotatable bonds is 5. The second kappa shape index (κ2) is 5.59. The van der Waals surface area contributed by atoms with Gasteiger partial charge in [-0.1, -0.05) is 26.7 Å². The third-order valence-corrected chi connectivity index (χ3v) is 2.34. The van der Waals surface area contributed by atoms with Gasteiger partial charge in [-0.25, -0.2) is 4.39 Å². The van der Waals surface area contributed by atoms with E-state index in [4.69, 9.17) is 0 Å². The van der Waals surface area contributed by atoms with Gasteiger partial charge >= 0.3 is 0 Å². The Morgan fingerprint density at radius 3 is 2.87 bits per heavy atom. The van der Waals surface area contributed by atoms with Gasteiger partial charge in [-0.15, -0.1) is 0 Å². The smallest absolute Gasteiger partial charge is 0.164 e. The zero-order valence-corrected chi connectivity index (χ0v) is 9.16. The molecule has 1 rings (SSSR count). The van der Waals surface area contributed by atoms with Crippen LogP contribution in [0.25, 0.3) is 0 Å². The average molecular weight is 209 g/mol. The molecule has 1 aromatic rings. The van der Waals surface area contributed by atoms with E-state index in [9.17, 15) is 9.18 Å². The van der Waals surface area contributed by atoms with E-state index in [1.54, 1.807) is 0 Å². The summed E-state index contributed by atoms with van der Waals surface area (Å²) in [5.74, 6) is -0.127. The third kappa shape index (κ3) is 3.78. The molecule has 0 aliphatic rings. The molecule has 2 nitrogen and oxygen atoms in total. The van der Waals surface area contributed by atoms with E-state index < -0.39 is 5.82 Å². The average Bonchev–Trinajstić information content (AvgIpc) is 2.18. The van der Waals surface area contributed by atoms with E-state index in [0.717, 1.165) is 19.0 Å². The van der Waals surface area contributed by atoms with Gasteiger partial charge in [-0.2, -0.15) is 0 Å². The first-order valence-electron chi connectivity index (χ1n) is 5.27. The number of aromatic nitrogens is 1. The summed E-state index contributed by atoms with van der Waals surface area (Å²) in [6, 6.07) is 1.24. The minimum Gasteiger partial charge on any atom is -0.294 e. The molecule has 1 unspecified atom stereocenters. The highest BCUT2D eigenvalue weighted by Gasteiger charge is 2.11. The van der Waals surface area contributed by atoms with Crippen molar-refractivity contribution < 1.29 is 9.18 Å². The molecule has 3 heteroatoms. The monoisotopic (exact) mass is 209 g/mol. The van der Waals surface area contributed by atoms with Crippen LogP contribution >= 0.6 is 0 Å². The normalized spacial score (nSPS) is 12.5. The van der Waals surface area contributed by atoms with Crippen LogP contribution in [0, 0.1) is 11.7 Å². The molecule has 1 atom stereocenters. The zero-order valence-electron chi connectivity index (χ0n) is 9.16. The van der Waals surface area contributed by atoms with Crippen molar-refractivity contribution >= 4 is 5.78 Å². The van der Waals surface area contributed by atoms with Crippen LogP contribution < -0.4 is 0 Å². The molecule has 0 saturated heterocycles. The fourth-order valence-corrected chi connectivity index (χ4v) is 1.59. The van der Waals surface area contributed by atoms with Gasteiger partial charge in [0.25, 0.3) is 0 Å². The first-order chi connectivity index (χ1) is 7.13. The Morgan fingerprint density at radius 2 is 2.27 bits per heavy atom. The maximum atomic E-state index is 12.8. The molecule has 0 amide bonds. The van der Waals surface area contributed by atoms with E-state index in [0.29, 0.717) is 17.9 Å². The number of hydrogen-bond donors (Lipinski definition) is 0. The van der Waals surface area contributed by atoms with Crippen LogP contribution in [0.15, 0.2) is 18.5 Å². The summed E-state index contributed by atoms with van der Waals surface area (Å²) in [5, 5.41) is 0. The lowest BCUT2D eigenvalue weighted by molar-refractivity contribution is 0.0962. The molecule has 0 spiro atoms. The van der Waals surface area contributed by atoms with E-state index in [-0.39, 0.29) is 5.78 Å². The number of halogens is 1. The van der Waals surface area contributed by atoms with Crippen LogP contribution in [0.3, 0.4) is 0 Å². The summed E-state index contributed by atoms with van der Waals surface area (Å²) >= 11 is 0. The fourth-order valence-electron chi connectivity index (χ4n) is 1.59. The highest BCUT2D eigenvalue weighted by Crippen LogP contribution is 2.14. The van der Waals surface area contributed by atoms with Crippen LogP contribution in [0.2, 0.25) is 0 Å². The highest BCUT2D eigenvalue weighted by molar-refractivity contribution is 5.95. The van der Waals surface area contributed by atoms with Crippen LogP contribution in [0.1, 0.15) is 43.5 Å². The van der Waals surface area contributed by atoms with Gasteiger partial charge in [0.05, 0.1) is 6.20 Å². The standard InChI is InChI=1S/C12H16FNO/c1-3-4-9(2)5-12(15)10-6-11(13)8-14-7-10/h6-9H,3-5H2,1-2H3. The lowest BCUT2D eigenvalue weighted by atomic mass is 9.97. The lowest BCUT2D eigenvalue weighted by Gasteiger charge is -2.08. The molecular formula is C12H16FNO. The molecule has 82 valence electrons. The van der Waals surface area contributed by atoms with Gasteiger partial charge in [0.2, 0.25) is 0 Å². The molecule has 0 saturated carbocycles. The molecule has 0 fully saturated rings. The maximum Gasteiger partial charge on any atom is 0.164 e. The van der Waals surface area contributed by atoms with Crippen molar-refractivity contribution in [1.82, 2.24) is 4.98 Å². The lowest BCUT2D eigenvalue weighted by Crippen LogP contribution is -2.06. The third-order valence-electron chi connectivity index (χ3n) is 2.34. The van der Waals surface area contributed by atoms with Crippen molar-refractivity contribution in [3.63, 3.8) is 0 Å². The van der Waals surface area contributed by atoms with E-state index in [2.05, 4.69) is 11.9 Å². The van der Waals surface area contributed by atoms with E-state index in [1.807, 2.05) is 6.92 Å². The number of nitrogens with zero attached hydrogens (tertiary/aromatic N) is 1. The minimum atomic E-state index is -0.455. The predicted molar refractivity (Wildman–Crippen MR) is 57.2 cm³/mol. The Kier molecular flexibility index (Phi) is 4.40. The first-order valence-corrected chi connectivity index (χ1v) is 5.27. The summed E-state index contributed by atoms with van der Waals surface area (Å²) in [5.41, 5.74) is 0.373. The van der Waals surface area contributed by atoms with Gasteiger partial charge in [0.15, 0.2) is 5.78 Å². The van der Waals surface area contributed by atoms with Crippen molar-refractivity contribution in [2.75, 3.05) is 0 Å². The number of carbonyl (C=O) groups is 1. The van der Waals surface area contributed by atoms with Crippen LogP contribution in [0.4, 0.5) is 4.39 Å². The molecule has 0 N–H and O–H groups in total. The number of pyridine rings is 1. The minimum absolute atomic E-state index is 0.0250. The van der Waals surface area contributed by atoms with Gasteiger partial charge in [0.1, 0.15) is 5.82 Å². The fraction of sp³-hybridized carbons (Fsp3) is 0.500. The Morgan fingerprint density at radius 1 is 1.53 bits per heavy atom. The largest absolute Gasteiger partial charge is 0.294 e. The van der Waals surface area contributed by atoms with Gasteiger partial charge in [-0.05, 0) is 12.0 Å². The number of hydrogen-bond acceptors (Lipinski definition) is 2. The Bertz CT molecular complexity index is 338. The van der Waals surface area contributed by atoms with Crippen molar-refractivity contribution in [1.29, 1.82) is 0 Å². The maximum absolute atomic E-state index is 12.8. The molecule has 1 aromatic heterocycles. The van der Waals surface area contributed by atoms with Crippen LogP contribution in [-0.4, -0.2) is 10.8 Å². The summed E-state index contributed by atoms with van der Waals surface area (Å²) in [7, 11) is 0. The van der Waals surface area contributed by atoms with Crippen molar-refractivity contribution in [2.45, 2.75) is 33.1 Å². The summed E-state index contributed by atoms with van der Waals surface area (Å²) < 4.78 is 12.8. The van der Waals surface area contributed by atoms with Gasteiger partial charge in [0, 0.05) is 18.2 Å². The zero-order chi connectivity index (χ0) is 11.3. The number of Topliss-reactive ketones (excluding diaryl/α,β-unsaturated/α-hetero) is 1. The Labute approximate surface area is 89.5 Å². The molecule has 15 heavy (non-hydrogen) atoms. The molecule has 0 bridgehead atoms. The second-order valence-electron chi connectivity index (χ2n) is 3.91. The molecule has 1 heterocycles. The van der Waals surface area contributed by atoms with Gasteiger partial charge < -0.3 is 0 Å². The van der Waals surface area contributed by atoms with E-state index in [1.165, 1.54) is 12.3 Å². The van der Waals surface area contributed by atoms with Crippen molar-refractivity contribution in [3.8, 4) is 0 Å².